The predicted octanol–water partition coefficient (Wildman–Crippen LogP) is 5.14. The second-order valence-corrected chi connectivity index (χ2v) is 9.36. The van der Waals surface area contributed by atoms with Gasteiger partial charge in [-0.2, -0.15) is 0 Å². The van der Waals surface area contributed by atoms with Gasteiger partial charge in [0, 0.05) is 12.2 Å². The topological polar surface area (TPSA) is 87.7 Å². The molecule has 2 rings (SSSR count). The Hall–Kier alpha value is -3.35. The number of nitrogens with zero attached hydrogens (tertiary/aromatic N) is 1. The number of alkyl carbamates (subject to hydrolysis) is 1. The molecule has 3 amide bonds. The third kappa shape index (κ3) is 7.90. The van der Waals surface area contributed by atoms with E-state index in [1.807, 2.05) is 69.3 Å². The summed E-state index contributed by atoms with van der Waals surface area (Å²) in [6.45, 7) is 11.3. The van der Waals surface area contributed by atoms with E-state index in [2.05, 4.69) is 10.6 Å². The smallest absolute Gasteiger partial charge is 0.408 e. The van der Waals surface area contributed by atoms with Gasteiger partial charge in [0.2, 0.25) is 5.91 Å². The normalized spacial score (nSPS) is 11.9. The molecule has 2 N–H and O–H groups in total. The lowest BCUT2D eigenvalue weighted by molar-refractivity contribution is -0.138. The van der Waals surface area contributed by atoms with Gasteiger partial charge in [0.15, 0.2) is 0 Å². The second-order valence-electron chi connectivity index (χ2n) is 9.36. The lowest BCUT2D eigenvalue weighted by Crippen LogP contribution is -2.47. The Balaban J connectivity index is 2.36. The number of para-hydroxylation sites is 1. The van der Waals surface area contributed by atoms with Crippen LogP contribution in [0.4, 0.5) is 10.5 Å². The zero-order valence-electron chi connectivity index (χ0n) is 21.1. The highest BCUT2D eigenvalue weighted by Crippen LogP contribution is 2.27. The molecular weight excluding hydrogens is 430 g/mol. The fraction of sp³-hybridized carbons (Fsp3) is 0.444. The zero-order chi connectivity index (χ0) is 25.3. The van der Waals surface area contributed by atoms with E-state index in [1.165, 1.54) is 0 Å². The Labute approximate surface area is 202 Å². The molecule has 0 aromatic heterocycles. The number of hydrogen-bond acceptors (Lipinski definition) is 4. The fourth-order valence-electron chi connectivity index (χ4n) is 3.55. The highest BCUT2D eigenvalue weighted by Gasteiger charge is 2.32. The van der Waals surface area contributed by atoms with Gasteiger partial charge in [-0.05, 0) is 63.8 Å². The first-order valence-electron chi connectivity index (χ1n) is 11.7. The van der Waals surface area contributed by atoms with Crippen molar-refractivity contribution in [2.45, 2.75) is 66.0 Å². The SMILES string of the molecule is CCCCN(C(=O)CNC(=O)OC(C)(C)C)C(C(=O)Nc1ccccc1C)c1ccccc1C. The lowest BCUT2D eigenvalue weighted by atomic mass is 9.98. The van der Waals surface area contributed by atoms with E-state index >= 15 is 0 Å². The number of carbonyl (C=O) groups is 3. The van der Waals surface area contributed by atoms with Gasteiger partial charge in [0.25, 0.3) is 5.91 Å². The molecule has 0 spiro atoms. The number of unbranched alkanes of at least 4 members (excludes halogenated alkanes) is 1. The molecule has 0 aliphatic rings. The molecule has 0 fully saturated rings. The quantitative estimate of drug-likeness (QED) is 0.535. The summed E-state index contributed by atoms with van der Waals surface area (Å²) in [6.07, 6.45) is 0.898. The Morgan fingerprint density at radius 2 is 1.59 bits per heavy atom. The number of carbonyl (C=O) groups excluding carboxylic acids is 3. The van der Waals surface area contributed by atoms with E-state index in [9.17, 15) is 14.4 Å². The van der Waals surface area contributed by atoms with Gasteiger partial charge in [-0.1, -0.05) is 55.8 Å². The van der Waals surface area contributed by atoms with Gasteiger partial charge >= 0.3 is 6.09 Å². The van der Waals surface area contributed by atoms with E-state index in [4.69, 9.17) is 4.74 Å². The monoisotopic (exact) mass is 467 g/mol. The van der Waals surface area contributed by atoms with Crippen LogP contribution in [0.2, 0.25) is 0 Å². The number of ether oxygens (including phenoxy) is 1. The van der Waals surface area contributed by atoms with Crippen molar-refractivity contribution in [1.29, 1.82) is 0 Å². The molecular formula is C27H37N3O4. The van der Waals surface area contributed by atoms with Gasteiger partial charge < -0.3 is 20.3 Å². The minimum absolute atomic E-state index is 0.265. The molecule has 1 atom stereocenters. The van der Waals surface area contributed by atoms with Gasteiger partial charge in [0.1, 0.15) is 18.2 Å². The number of aryl methyl sites for hydroxylation is 2. The molecule has 2 aromatic carbocycles. The van der Waals surface area contributed by atoms with Crippen LogP contribution in [0.1, 0.15) is 63.3 Å². The van der Waals surface area contributed by atoms with Crippen molar-refractivity contribution < 1.29 is 19.1 Å². The van der Waals surface area contributed by atoms with Gasteiger partial charge in [0.05, 0.1) is 0 Å². The van der Waals surface area contributed by atoms with Crippen molar-refractivity contribution in [2.75, 3.05) is 18.4 Å². The molecule has 0 saturated heterocycles. The summed E-state index contributed by atoms with van der Waals surface area (Å²) in [5, 5.41) is 5.53. The van der Waals surface area contributed by atoms with Crippen LogP contribution in [0, 0.1) is 13.8 Å². The summed E-state index contributed by atoms with van der Waals surface area (Å²) in [6, 6.07) is 14.2. The molecule has 0 radical (unpaired) electrons. The maximum atomic E-state index is 13.6. The Kier molecular flexibility index (Phi) is 9.66. The molecule has 0 aliphatic heterocycles. The van der Waals surface area contributed by atoms with Gasteiger partial charge in [-0.3, -0.25) is 9.59 Å². The van der Waals surface area contributed by atoms with Crippen molar-refractivity contribution in [3.05, 3.63) is 65.2 Å². The molecule has 0 heterocycles. The Bertz CT molecular complexity index is 997. The maximum Gasteiger partial charge on any atom is 0.408 e. The average molecular weight is 468 g/mol. The fourth-order valence-corrected chi connectivity index (χ4v) is 3.55. The van der Waals surface area contributed by atoms with Gasteiger partial charge in [-0.15, -0.1) is 0 Å². The molecule has 34 heavy (non-hydrogen) atoms. The van der Waals surface area contributed by atoms with Crippen LogP contribution in [0.3, 0.4) is 0 Å². The molecule has 2 aromatic rings. The molecule has 184 valence electrons. The number of hydrogen-bond donors (Lipinski definition) is 2. The van der Waals surface area contributed by atoms with E-state index in [1.54, 1.807) is 25.7 Å². The van der Waals surface area contributed by atoms with Crippen LogP contribution < -0.4 is 10.6 Å². The largest absolute Gasteiger partial charge is 0.444 e. The number of amides is 3. The summed E-state index contributed by atoms with van der Waals surface area (Å²) in [5.41, 5.74) is 2.60. The highest BCUT2D eigenvalue weighted by molar-refractivity contribution is 5.99. The maximum absolute atomic E-state index is 13.6. The molecule has 7 heteroatoms. The number of anilines is 1. The first kappa shape index (κ1) is 26.9. The standard InChI is InChI=1S/C27H37N3O4/c1-7-8-17-30(23(31)18-28-26(33)34-27(4,5)6)24(21-15-11-9-13-19(21)2)25(32)29-22-16-12-10-14-20(22)3/h9-16,24H,7-8,17-18H2,1-6H3,(H,28,33)(H,29,32). The Morgan fingerprint density at radius 1 is 0.971 bits per heavy atom. The number of rotatable bonds is 9. The first-order chi connectivity index (χ1) is 16.0. The van der Waals surface area contributed by atoms with Crippen LogP contribution in [0.15, 0.2) is 48.5 Å². The number of benzene rings is 2. The van der Waals surface area contributed by atoms with Crippen molar-refractivity contribution >= 4 is 23.6 Å². The van der Waals surface area contributed by atoms with E-state index in [0.29, 0.717) is 12.2 Å². The first-order valence-corrected chi connectivity index (χ1v) is 11.7. The highest BCUT2D eigenvalue weighted by atomic mass is 16.6. The minimum atomic E-state index is -0.847. The number of nitrogens with one attached hydrogen (secondary N) is 2. The van der Waals surface area contributed by atoms with Crippen LogP contribution in [0.5, 0.6) is 0 Å². The van der Waals surface area contributed by atoms with Crippen molar-refractivity contribution in [3.63, 3.8) is 0 Å². The third-order valence-corrected chi connectivity index (χ3v) is 5.30. The minimum Gasteiger partial charge on any atom is -0.444 e. The third-order valence-electron chi connectivity index (χ3n) is 5.30. The van der Waals surface area contributed by atoms with Crippen LogP contribution in [0.25, 0.3) is 0 Å². The molecule has 0 saturated carbocycles. The average Bonchev–Trinajstić information content (AvgIpc) is 2.76. The zero-order valence-corrected chi connectivity index (χ0v) is 21.1. The van der Waals surface area contributed by atoms with E-state index < -0.39 is 17.7 Å². The van der Waals surface area contributed by atoms with Crippen molar-refractivity contribution in [3.8, 4) is 0 Å². The second kappa shape index (κ2) is 12.2. The van der Waals surface area contributed by atoms with E-state index in [-0.39, 0.29) is 18.4 Å². The molecule has 1 unspecified atom stereocenters. The van der Waals surface area contributed by atoms with Crippen molar-refractivity contribution in [1.82, 2.24) is 10.2 Å². The van der Waals surface area contributed by atoms with Crippen LogP contribution in [-0.2, 0) is 14.3 Å². The van der Waals surface area contributed by atoms with Gasteiger partial charge in [-0.25, -0.2) is 4.79 Å². The van der Waals surface area contributed by atoms with Crippen LogP contribution in [-0.4, -0.2) is 41.5 Å². The molecule has 7 nitrogen and oxygen atoms in total. The molecule has 0 aliphatic carbocycles. The van der Waals surface area contributed by atoms with Crippen molar-refractivity contribution in [2.24, 2.45) is 0 Å². The summed E-state index contributed by atoms with van der Waals surface area (Å²) in [4.78, 5) is 40.7. The predicted molar refractivity (Wildman–Crippen MR) is 135 cm³/mol. The summed E-state index contributed by atoms with van der Waals surface area (Å²) in [7, 11) is 0. The Morgan fingerprint density at radius 3 is 2.18 bits per heavy atom. The molecule has 0 bridgehead atoms. The lowest BCUT2D eigenvalue weighted by Gasteiger charge is -2.32. The summed E-state index contributed by atoms with van der Waals surface area (Å²) < 4.78 is 5.25. The van der Waals surface area contributed by atoms with Crippen LogP contribution >= 0.6 is 0 Å². The van der Waals surface area contributed by atoms with E-state index in [0.717, 1.165) is 29.5 Å². The summed E-state index contributed by atoms with van der Waals surface area (Å²) in [5.74, 6) is -0.655. The summed E-state index contributed by atoms with van der Waals surface area (Å²) >= 11 is 0.